The van der Waals surface area contributed by atoms with Crippen LogP contribution in [0, 0.1) is 19.7 Å². The van der Waals surface area contributed by atoms with Crippen molar-refractivity contribution in [2.24, 2.45) is 0 Å². The first-order valence-corrected chi connectivity index (χ1v) is 9.75. The normalized spacial score (nSPS) is 15.0. The third-order valence-corrected chi connectivity index (χ3v) is 5.53. The van der Waals surface area contributed by atoms with Gasteiger partial charge in [0.2, 0.25) is 0 Å². The predicted octanol–water partition coefficient (Wildman–Crippen LogP) is 5.00. The number of rotatable bonds is 2. The lowest BCUT2D eigenvalue weighted by molar-refractivity contribution is 0.0564. The first kappa shape index (κ1) is 18.7. The van der Waals surface area contributed by atoms with E-state index in [1.165, 1.54) is 0 Å². The Bertz CT molecular complexity index is 1070. The first-order chi connectivity index (χ1) is 13.4. The van der Waals surface area contributed by atoms with Crippen LogP contribution in [-0.2, 0) is 4.74 Å². The Kier molecular flexibility index (Phi) is 4.75. The van der Waals surface area contributed by atoms with E-state index < -0.39 is 0 Å². The molecule has 1 aliphatic heterocycles. The average Bonchev–Trinajstić information content (AvgIpc) is 3.00. The molecule has 1 N–H and O–H groups in total. The van der Waals surface area contributed by atoms with E-state index in [2.05, 4.69) is 23.7 Å². The van der Waals surface area contributed by atoms with E-state index in [4.69, 9.17) is 4.74 Å². The molecule has 2 aromatic carbocycles. The van der Waals surface area contributed by atoms with Gasteiger partial charge in [0.1, 0.15) is 5.82 Å². The number of amides is 2. The second-order valence-electron chi connectivity index (χ2n) is 7.74. The molecule has 0 atom stereocenters. The van der Waals surface area contributed by atoms with E-state index in [9.17, 15) is 9.18 Å². The van der Waals surface area contributed by atoms with Crippen molar-refractivity contribution < 1.29 is 13.9 Å². The number of nitrogens with one attached hydrogen (secondary N) is 1. The maximum atomic E-state index is 14.2. The molecule has 0 radical (unpaired) electrons. The number of aromatic nitrogens is 1. The quantitative estimate of drug-likeness (QED) is 0.677. The van der Waals surface area contributed by atoms with E-state index in [1.807, 2.05) is 26.0 Å². The molecule has 2 heterocycles. The standard InChI is InChI=1S/C22H26FN3O2/c1-13(2)26-19-6-5-18(24-22(27)25-7-9-28-10-8-25)15(4)20(19)17-12-16(23)11-14(3)21(17)26/h5-6,11-13H,7-10H2,1-4H3,(H,24,27). The number of ether oxygens (including phenoxy) is 1. The highest BCUT2D eigenvalue weighted by atomic mass is 19.1. The summed E-state index contributed by atoms with van der Waals surface area (Å²) < 4.78 is 21.8. The summed E-state index contributed by atoms with van der Waals surface area (Å²) in [5.41, 5.74) is 4.73. The zero-order chi connectivity index (χ0) is 20.0. The number of hydrogen-bond donors (Lipinski definition) is 1. The van der Waals surface area contributed by atoms with Gasteiger partial charge < -0.3 is 19.5 Å². The van der Waals surface area contributed by atoms with Crippen molar-refractivity contribution in [3.8, 4) is 0 Å². The average molecular weight is 383 g/mol. The van der Waals surface area contributed by atoms with Crippen molar-refractivity contribution in [1.82, 2.24) is 9.47 Å². The van der Waals surface area contributed by atoms with Crippen LogP contribution in [0.25, 0.3) is 21.8 Å². The molecular formula is C22H26FN3O2. The van der Waals surface area contributed by atoms with Crippen LogP contribution in [0.1, 0.15) is 31.0 Å². The fraction of sp³-hybridized carbons (Fsp3) is 0.409. The summed E-state index contributed by atoms with van der Waals surface area (Å²) in [6.45, 7) is 10.5. The summed E-state index contributed by atoms with van der Waals surface area (Å²) in [6.07, 6.45) is 0. The van der Waals surface area contributed by atoms with Crippen molar-refractivity contribution in [1.29, 1.82) is 0 Å². The summed E-state index contributed by atoms with van der Waals surface area (Å²) in [5.74, 6) is -0.241. The Hall–Kier alpha value is -2.60. The van der Waals surface area contributed by atoms with Crippen LogP contribution in [-0.4, -0.2) is 41.8 Å². The molecule has 0 spiro atoms. The zero-order valence-corrected chi connectivity index (χ0v) is 16.8. The molecule has 4 rings (SSSR count). The van der Waals surface area contributed by atoms with Crippen LogP contribution in [0.5, 0.6) is 0 Å². The minimum absolute atomic E-state index is 0.124. The summed E-state index contributed by atoms with van der Waals surface area (Å²) in [7, 11) is 0. The number of hydrogen-bond acceptors (Lipinski definition) is 2. The third-order valence-electron chi connectivity index (χ3n) is 5.53. The molecule has 0 unspecified atom stereocenters. The van der Waals surface area contributed by atoms with Gasteiger partial charge in [-0.1, -0.05) is 0 Å². The van der Waals surface area contributed by atoms with E-state index in [0.29, 0.717) is 26.3 Å². The molecule has 1 aromatic heterocycles. The fourth-order valence-electron chi connectivity index (χ4n) is 4.24. The SMILES string of the molecule is Cc1c(NC(=O)N2CCOCC2)ccc2c1c1cc(F)cc(C)c1n2C(C)C. The third kappa shape index (κ3) is 3.02. The molecule has 6 heteroatoms. The maximum Gasteiger partial charge on any atom is 0.322 e. The predicted molar refractivity (Wildman–Crippen MR) is 111 cm³/mol. The number of halogens is 1. The Morgan fingerprint density at radius 2 is 1.89 bits per heavy atom. The van der Waals surface area contributed by atoms with Crippen LogP contribution < -0.4 is 5.32 Å². The highest BCUT2D eigenvalue weighted by Gasteiger charge is 2.21. The van der Waals surface area contributed by atoms with Crippen LogP contribution >= 0.6 is 0 Å². The lowest BCUT2D eigenvalue weighted by Gasteiger charge is -2.27. The fourth-order valence-corrected chi connectivity index (χ4v) is 4.24. The van der Waals surface area contributed by atoms with Crippen LogP contribution in [0.2, 0.25) is 0 Å². The number of carbonyl (C=O) groups excluding carboxylic acids is 1. The molecule has 1 fully saturated rings. The molecule has 28 heavy (non-hydrogen) atoms. The molecule has 3 aromatic rings. The Balaban J connectivity index is 1.86. The van der Waals surface area contributed by atoms with E-state index in [1.54, 1.807) is 17.0 Å². The van der Waals surface area contributed by atoms with Crippen LogP contribution in [0.3, 0.4) is 0 Å². The lowest BCUT2D eigenvalue weighted by atomic mass is 10.0. The maximum absolute atomic E-state index is 14.2. The number of aryl methyl sites for hydroxylation is 2. The highest BCUT2D eigenvalue weighted by Crippen LogP contribution is 2.38. The van der Waals surface area contributed by atoms with Gasteiger partial charge in [0.05, 0.1) is 18.7 Å². The van der Waals surface area contributed by atoms with E-state index in [0.717, 1.165) is 38.6 Å². The Morgan fingerprint density at radius 1 is 1.18 bits per heavy atom. The number of fused-ring (bicyclic) bond motifs is 3. The largest absolute Gasteiger partial charge is 0.378 e. The second-order valence-corrected chi connectivity index (χ2v) is 7.74. The van der Waals surface area contributed by atoms with Gasteiger partial charge in [-0.05, 0) is 63.1 Å². The zero-order valence-electron chi connectivity index (χ0n) is 16.8. The van der Waals surface area contributed by atoms with Gasteiger partial charge >= 0.3 is 6.03 Å². The summed E-state index contributed by atoms with van der Waals surface area (Å²) in [4.78, 5) is 14.4. The smallest absolute Gasteiger partial charge is 0.322 e. The number of anilines is 1. The molecule has 0 saturated carbocycles. The van der Waals surface area contributed by atoms with Crippen LogP contribution in [0.15, 0.2) is 24.3 Å². The number of carbonyl (C=O) groups is 1. The first-order valence-electron chi connectivity index (χ1n) is 9.75. The summed E-state index contributed by atoms with van der Waals surface area (Å²) >= 11 is 0. The molecule has 5 nitrogen and oxygen atoms in total. The monoisotopic (exact) mass is 383 g/mol. The number of urea groups is 1. The minimum Gasteiger partial charge on any atom is -0.378 e. The topological polar surface area (TPSA) is 46.5 Å². The van der Waals surface area contributed by atoms with Crippen molar-refractivity contribution in [2.75, 3.05) is 31.6 Å². The van der Waals surface area contributed by atoms with Crippen molar-refractivity contribution in [3.05, 3.63) is 41.2 Å². The van der Waals surface area contributed by atoms with Gasteiger partial charge in [-0.3, -0.25) is 0 Å². The molecule has 0 aliphatic carbocycles. The van der Waals surface area contributed by atoms with Crippen molar-refractivity contribution in [3.63, 3.8) is 0 Å². The number of morpholine rings is 1. The van der Waals surface area contributed by atoms with Gasteiger partial charge in [-0.2, -0.15) is 0 Å². The number of benzene rings is 2. The molecule has 148 valence electrons. The van der Waals surface area contributed by atoms with Gasteiger partial charge in [-0.15, -0.1) is 0 Å². The molecule has 1 aliphatic rings. The molecular weight excluding hydrogens is 357 g/mol. The second kappa shape index (κ2) is 7.09. The van der Waals surface area contributed by atoms with Crippen molar-refractivity contribution >= 4 is 33.5 Å². The van der Waals surface area contributed by atoms with Crippen molar-refractivity contribution in [2.45, 2.75) is 33.7 Å². The van der Waals surface area contributed by atoms with E-state index >= 15 is 0 Å². The lowest BCUT2D eigenvalue weighted by Crippen LogP contribution is -2.43. The summed E-state index contributed by atoms with van der Waals surface area (Å²) in [5, 5.41) is 4.91. The molecule has 1 saturated heterocycles. The minimum atomic E-state index is -0.241. The van der Waals surface area contributed by atoms with Gasteiger partial charge in [0, 0.05) is 41.1 Å². The van der Waals surface area contributed by atoms with E-state index in [-0.39, 0.29) is 17.9 Å². The van der Waals surface area contributed by atoms with Gasteiger partial charge in [0.25, 0.3) is 0 Å². The Morgan fingerprint density at radius 3 is 2.57 bits per heavy atom. The number of nitrogens with zero attached hydrogens (tertiary/aromatic N) is 2. The molecule has 0 bridgehead atoms. The molecule has 2 amide bonds. The van der Waals surface area contributed by atoms with Gasteiger partial charge in [-0.25, -0.2) is 9.18 Å². The van der Waals surface area contributed by atoms with Gasteiger partial charge in [0.15, 0.2) is 0 Å². The highest BCUT2D eigenvalue weighted by molar-refractivity contribution is 6.13. The summed E-state index contributed by atoms with van der Waals surface area (Å²) in [6, 6.07) is 7.26. The Labute approximate surface area is 164 Å². The van der Waals surface area contributed by atoms with Crippen LogP contribution in [0.4, 0.5) is 14.9 Å².